The fraction of sp³-hybridized carbons (Fsp3) is 0.526. The zero-order valence-corrected chi connectivity index (χ0v) is 15.4. The van der Waals surface area contributed by atoms with E-state index in [-0.39, 0.29) is 6.10 Å². The smallest absolute Gasteiger partial charge is 0.235 e. The predicted octanol–water partition coefficient (Wildman–Crippen LogP) is 4.86. The molecule has 0 atom stereocenters. The summed E-state index contributed by atoms with van der Waals surface area (Å²) < 4.78 is 6.94. The van der Waals surface area contributed by atoms with Crippen molar-refractivity contribution in [2.75, 3.05) is 0 Å². The Kier molecular flexibility index (Phi) is 4.12. The van der Waals surface area contributed by atoms with E-state index in [1.807, 2.05) is 13.8 Å². The Morgan fingerprint density at radius 3 is 2.83 bits per heavy atom. The summed E-state index contributed by atoms with van der Waals surface area (Å²) in [7, 11) is 0. The number of thiophene rings is 1. The monoisotopic (exact) mass is 341 g/mol. The summed E-state index contributed by atoms with van der Waals surface area (Å²) in [4.78, 5) is 15.1. The number of nitrogens with zero attached hydrogens (tertiary/aromatic N) is 3. The molecule has 0 aliphatic heterocycles. The zero-order valence-electron chi connectivity index (χ0n) is 14.6. The molecule has 0 bridgehead atoms. The number of aromatic nitrogens is 3. The van der Waals surface area contributed by atoms with Crippen molar-refractivity contribution in [3.63, 3.8) is 0 Å². The lowest BCUT2D eigenvalue weighted by molar-refractivity contribution is 0.236. The van der Waals surface area contributed by atoms with Gasteiger partial charge in [-0.05, 0) is 57.1 Å². The number of ether oxygens (including phenoxy) is 1. The lowest BCUT2D eigenvalue weighted by Gasteiger charge is -2.09. The Morgan fingerprint density at radius 2 is 2.04 bits per heavy atom. The number of rotatable bonds is 5. The summed E-state index contributed by atoms with van der Waals surface area (Å²) >= 11 is 1.68. The van der Waals surface area contributed by atoms with Gasteiger partial charge in [0.1, 0.15) is 15.9 Å². The number of pyridine rings is 1. The highest BCUT2D eigenvalue weighted by atomic mass is 32.1. The van der Waals surface area contributed by atoms with Gasteiger partial charge in [0, 0.05) is 11.1 Å². The molecule has 1 aliphatic carbocycles. The Bertz CT molecular complexity index is 901. The number of aryl methyl sites for hydroxylation is 2. The first kappa shape index (κ1) is 15.8. The van der Waals surface area contributed by atoms with E-state index in [9.17, 15) is 0 Å². The predicted molar refractivity (Wildman–Crippen MR) is 99.1 cm³/mol. The third-order valence-corrected chi connectivity index (χ3v) is 5.70. The molecule has 0 aromatic carbocycles. The molecule has 0 spiro atoms. The molecule has 0 amide bonds. The maximum Gasteiger partial charge on any atom is 0.235 e. The van der Waals surface area contributed by atoms with Gasteiger partial charge in [0.05, 0.1) is 11.6 Å². The quantitative estimate of drug-likeness (QED) is 0.665. The molecule has 4 rings (SSSR count). The summed E-state index contributed by atoms with van der Waals surface area (Å²) in [6.07, 6.45) is 8.76. The second-order valence-electron chi connectivity index (χ2n) is 6.78. The summed E-state index contributed by atoms with van der Waals surface area (Å²) in [6, 6.07) is 0. The van der Waals surface area contributed by atoms with Gasteiger partial charge in [-0.25, -0.2) is 15.0 Å². The molecule has 126 valence electrons. The number of fused-ring (bicyclic) bond motifs is 5. The molecule has 0 saturated carbocycles. The van der Waals surface area contributed by atoms with E-state index in [0.29, 0.717) is 5.88 Å². The van der Waals surface area contributed by atoms with E-state index in [1.54, 1.807) is 17.7 Å². The molecule has 3 aromatic rings. The van der Waals surface area contributed by atoms with Crippen LogP contribution >= 0.6 is 11.3 Å². The fourth-order valence-electron chi connectivity index (χ4n) is 3.61. The molecular weight excluding hydrogens is 318 g/mol. The first-order valence-electron chi connectivity index (χ1n) is 8.93. The highest BCUT2D eigenvalue weighted by molar-refractivity contribution is 7.25. The van der Waals surface area contributed by atoms with Crippen molar-refractivity contribution in [3.8, 4) is 5.88 Å². The topological polar surface area (TPSA) is 47.9 Å². The number of unbranched alkanes of at least 4 members (excludes halogenated alkanes) is 1. The molecule has 0 radical (unpaired) electrons. The normalized spacial score (nSPS) is 14.0. The Morgan fingerprint density at radius 1 is 1.21 bits per heavy atom. The Labute approximate surface area is 146 Å². The van der Waals surface area contributed by atoms with Gasteiger partial charge in [-0.1, -0.05) is 13.3 Å². The second kappa shape index (κ2) is 6.28. The van der Waals surface area contributed by atoms with E-state index in [1.165, 1.54) is 41.5 Å². The average molecular weight is 341 g/mol. The minimum atomic E-state index is 0.104. The van der Waals surface area contributed by atoms with E-state index >= 15 is 0 Å². The van der Waals surface area contributed by atoms with Crippen LogP contribution in [0.1, 0.15) is 56.9 Å². The molecule has 3 aromatic heterocycles. The van der Waals surface area contributed by atoms with Gasteiger partial charge in [0.25, 0.3) is 0 Å². The maximum atomic E-state index is 5.90. The van der Waals surface area contributed by atoms with Gasteiger partial charge in [-0.15, -0.1) is 11.3 Å². The molecule has 0 saturated heterocycles. The summed E-state index contributed by atoms with van der Waals surface area (Å²) in [5, 5.41) is 1.25. The van der Waals surface area contributed by atoms with Gasteiger partial charge >= 0.3 is 0 Å². The SMILES string of the molecule is CCCCc1nc2sc3c(OC(C)C)ncnc3c2c2c1CCC2. The third-order valence-electron chi connectivity index (χ3n) is 4.64. The van der Waals surface area contributed by atoms with Gasteiger partial charge < -0.3 is 4.74 Å². The molecular formula is C19H23N3OS. The first-order chi connectivity index (χ1) is 11.7. The van der Waals surface area contributed by atoms with E-state index in [2.05, 4.69) is 16.9 Å². The summed E-state index contributed by atoms with van der Waals surface area (Å²) in [6.45, 7) is 6.30. The van der Waals surface area contributed by atoms with Gasteiger partial charge in [-0.3, -0.25) is 0 Å². The molecule has 5 heteroatoms. The van der Waals surface area contributed by atoms with Crippen LogP contribution in [-0.4, -0.2) is 21.1 Å². The molecule has 3 heterocycles. The minimum absolute atomic E-state index is 0.104. The van der Waals surface area contributed by atoms with Crippen LogP contribution in [0.2, 0.25) is 0 Å². The maximum absolute atomic E-state index is 5.90. The van der Waals surface area contributed by atoms with Gasteiger partial charge in [-0.2, -0.15) is 0 Å². The highest BCUT2D eigenvalue weighted by Crippen LogP contribution is 2.42. The van der Waals surface area contributed by atoms with Crippen LogP contribution in [0.4, 0.5) is 0 Å². The van der Waals surface area contributed by atoms with Crippen LogP contribution in [0, 0.1) is 0 Å². The van der Waals surface area contributed by atoms with Crippen LogP contribution in [0.3, 0.4) is 0 Å². The van der Waals surface area contributed by atoms with Crippen LogP contribution in [-0.2, 0) is 19.3 Å². The van der Waals surface area contributed by atoms with Crippen LogP contribution < -0.4 is 4.74 Å². The molecule has 0 N–H and O–H groups in total. The first-order valence-corrected chi connectivity index (χ1v) is 9.75. The van der Waals surface area contributed by atoms with Crippen LogP contribution in [0.15, 0.2) is 6.33 Å². The standard InChI is InChI=1S/C19H23N3OS/c1-4-5-9-14-12-7-6-8-13(12)15-16-17(24-19(15)22-14)18(21-10-20-16)23-11(2)3/h10-11H,4-9H2,1-3H3. The highest BCUT2D eigenvalue weighted by Gasteiger charge is 2.24. The van der Waals surface area contributed by atoms with Crippen LogP contribution in [0.5, 0.6) is 5.88 Å². The summed E-state index contributed by atoms with van der Waals surface area (Å²) in [5.74, 6) is 0.694. The van der Waals surface area contributed by atoms with Crippen LogP contribution in [0.25, 0.3) is 20.4 Å². The van der Waals surface area contributed by atoms with Crippen molar-refractivity contribution in [2.45, 2.75) is 65.4 Å². The third kappa shape index (κ3) is 2.55. The Balaban J connectivity index is 1.96. The van der Waals surface area contributed by atoms with Gasteiger partial charge in [0.15, 0.2) is 0 Å². The van der Waals surface area contributed by atoms with Gasteiger partial charge in [0.2, 0.25) is 5.88 Å². The number of hydrogen-bond acceptors (Lipinski definition) is 5. The molecule has 1 aliphatic rings. The van der Waals surface area contributed by atoms with Crippen molar-refractivity contribution in [2.24, 2.45) is 0 Å². The minimum Gasteiger partial charge on any atom is -0.474 e. The van der Waals surface area contributed by atoms with E-state index < -0.39 is 0 Å². The lowest BCUT2D eigenvalue weighted by Crippen LogP contribution is -2.06. The molecule has 0 fully saturated rings. The zero-order chi connectivity index (χ0) is 16.7. The average Bonchev–Trinajstić information content (AvgIpc) is 3.16. The lowest BCUT2D eigenvalue weighted by atomic mass is 10.0. The van der Waals surface area contributed by atoms with Crippen molar-refractivity contribution in [1.29, 1.82) is 0 Å². The molecule has 4 nitrogen and oxygen atoms in total. The largest absolute Gasteiger partial charge is 0.474 e. The van der Waals surface area contributed by atoms with Crippen molar-refractivity contribution in [3.05, 3.63) is 23.1 Å². The Hall–Kier alpha value is -1.75. The number of hydrogen-bond donors (Lipinski definition) is 0. The summed E-state index contributed by atoms with van der Waals surface area (Å²) in [5.41, 5.74) is 5.29. The molecule has 24 heavy (non-hydrogen) atoms. The van der Waals surface area contributed by atoms with E-state index in [4.69, 9.17) is 9.72 Å². The van der Waals surface area contributed by atoms with Crippen molar-refractivity contribution >= 4 is 31.8 Å². The molecule has 0 unspecified atom stereocenters. The second-order valence-corrected chi connectivity index (χ2v) is 7.78. The van der Waals surface area contributed by atoms with Crippen molar-refractivity contribution < 1.29 is 4.74 Å². The van der Waals surface area contributed by atoms with E-state index in [0.717, 1.165) is 34.3 Å². The van der Waals surface area contributed by atoms with Crippen molar-refractivity contribution in [1.82, 2.24) is 15.0 Å². The fourth-order valence-corrected chi connectivity index (χ4v) is 4.72.